The number of thiazole rings is 1. The van der Waals surface area contributed by atoms with Gasteiger partial charge >= 0.3 is 0 Å². The summed E-state index contributed by atoms with van der Waals surface area (Å²) < 4.78 is 24.5. The predicted octanol–water partition coefficient (Wildman–Crippen LogP) is 4.43. The Morgan fingerprint density at radius 1 is 1.17 bits per heavy atom. The first-order valence-electron chi connectivity index (χ1n) is 7.99. The average Bonchev–Trinajstić information content (AvgIpc) is 3.18. The molecule has 0 radical (unpaired) electrons. The van der Waals surface area contributed by atoms with Crippen LogP contribution in [0.15, 0.2) is 41.8 Å². The monoisotopic (exact) mass is 347 g/mol. The Kier molecular flexibility index (Phi) is 5.28. The van der Waals surface area contributed by atoms with Crippen LogP contribution in [0.5, 0.6) is 0 Å². The highest BCUT2D eigenvalue weighted by atomic mass is 32.2. The van der Waals surface area contributed by atoms with Gasteiger partial charge < -0.3 is 0 Å². The van der Waals surface area contributed by atoms with Gasteiger partial charge in [0.1, 0.15) is 0 Å². The fourth-order valence-electron chi connectivity index (χ4n) is 2.93. The largest absolute Gasteiger partial charge is 0.245 e. The highest BCUT2D eigenvalue weighted by molar-refractivity contribution is 7.90. The van der Waals surface area contributed by atoms with Crippen molar-refractivity contribution in [2.45, 2.75) is 37.4 Å². The van der Waals surface area contributed by atoms with Crippen LogP contribution in [0.25, 0.3) is 6.08 Å². The van der Waals surface area contributed by atoms with Crippen molar-refractivity contribution < 1.29 is 8.42 Å². The molecular weight excluding hydrogens is 326 g/mol. The van der Waals surface area contributed by atoms with Gasteiger partial charge in [-0.15, -0.1) is 11.3 Å². The van der Waals surface area contributed by atoms with Gasteiger partial charge in [-0.3, -0.25) is 0 Å². The summed E-state index contributed by atoms with van der Waals surface area (Å²) in [6, 6.07) is 9.73. The lowest BCUT2D eigenvalue weighted by molar-refractivity contribution is 0.597. The molecule has 0 spiro atoms. The molecule has 1 saturated carbocycles. The van der Waals surface area contributed by atoms with Gasteiger partial charge in [0.2, 0.25) is 0 Å². The van der Waals surface area contributed by atoms with Gasteiger partial charge in [-0.25, -0.2) is 13.4 Å². The van der Waals surface area contributed by atoms with Crippen molar-refractivity contribution in [3.8, 4) is 0 Å². The second kappa shape index (κ2) is 7.41. The van der Waals surface area contributed by atoms with E-state index in [4.69, 9.17) is 0 Å². The number of rotatable bonds is 6. The summed E-state index contributed by atoms with van der Waals surface area (Å²) in [6.07, 6.45) is 8.49. The molecule has 1 aliphatic rings. The number of hydrogen-bond acceptors (Lipinski definition) is 4. The highest BCUT2D eigenvalue weighted by Crippen LogP contribution is 2.35. The summed E-state index contributed by atoms with van der Waals surface area (Å²) in [6.45, 7) is 0. The Morgan fingerprint density at radius 3 is 2.65 bits per heavy atom. The van der Waals surface area contributed by atoms with Crippen LogP contribution in [0.2, 0.25) is 0 Å². The van der Waals surface area contributed by atoms with E-state index in [0.717, 1.165) is 10.6 Å². The van der Waals surface area contributed by atoms with E-state index in [1.54, 1.807) is 17.4 Å². The zero-order valence-electron chi connectivity index (χ0n) is 13.0. The van der Waals surface area contributed by atoms with Crippen molar-refractivity contribution in [3.05, 3.63) is 58.1 Å². The van der Waals surface area contributed by atoms with Gasteiger partial charge in [-0.2, -0.15) is 0 Å². The molecule has 0 bridgehead atoms. The van der Waals surface area contributed by atoms with E-state index in [9.17, 15) is 8.42 Å². The second-order valence-corrected chi connectivity index (χ2v) is 9.02. The summed E-state index contributed by atoms with van der Waals surface area (Å²) in [5.41, 5.74) is 1.71. The normalized spacial score (nSPS) is 16.3. The van der Waals surface area contributed by atoms with Gasteiger partial charge in [0, 0.05) is 11.3 Å². The van der Waals surface area contributed by atoms with Crippen LogP contribution >= 0.6 is 11.3 Å². The van der Waals surface area contributed by atoms with E-state index in [0.29, 0.717) is 11.6 Å². The molecule has 2 aromatic rings. The molecule has 1 fully saturated rings. The number of nitrogens with zero attached hydrogens (tertiary/aromatic N) is 1. The summed E-state index contributed by atoms with van der Waals surface area (Å²) in [4.78, 5) is 4.56. The fraction of sp³-hybridized carbons (Fsp3) is 0.389. The molecule has 0 unspecified atom stereocenters. The van der Waals surface area contributed by atoms with E-state index in [1.807, 2.05) is 41.8 Å². The van der Waals surface area contributed by atoms with E-state index < -0.39 is 9.84 Å². The van der Waals surface area contributed by atoms with Gasteiger partial charge in [-0.1, -0.05) is 55.3 Å². The minimum Gasteiger partial charge on any atom is -0.245 e. The molecule has 1 aliphatic carbocycles. The van der Waals surface area contributed by atoms with Crippen LogP contribution in [-0.2, 0) is 15.6 Å². The first-order valence-corrected chi connectivity index (χ1v) is 10.7. The molecule has 0 saturated heterocycles. The number of aromatic nitrogens is 1. The van der Waals surface area contributed by atoms with E-state index in [-0.39, 0.29) is 11.5 Å². The maximum Gasteiger partial charge on any atom is 0.159 e. The zero-order valence-corrected chi connectivity index (χ0v) is 14.7. The van der Waals surface area contributed by atoms with Crippen molar-refractivity contribution >= 4 is 27.3 Å². The summed E-state index contributed by atoms with van der Waals surface area (Å²) >= 11 is 1.61. The maximum absolute atomic E-state index is 12.2. The van der Waals surface area contributed by atoms with Crippen LogP contribution in [0.1, 0.15) is 47.9 Å². The van der Waals surface area contributed by atoms with Crippen LogP contribution < -0.4 is 0 Å². The van der Waals surface area contributed by atoms with Crippen molar-refractivity contribution in [1.82, 2.24) is 4.98 Å². The summed E-state index contributed by atoms with van der Waals surface area (Å²) in [5, 5.41) is 3.03. The zero-order chi connectivity index (χ0) is 16.1. The number of sulfone groups is 1. The second-order valence-electron chi connectivity index (χ2n) is 6.03. The predicted molar refractivity (Wildman–Crippen MR) is 96.3 cm³/mol. The molecule has 0 N–H and O–H groups in total. The lowest BCUT2D eigenvalue weighted by Crippen LogP contribution is -2.08. The standard InChI is InChI=1S/C18H21NO2S2/c20-23(21,12-6-9-15-7-2-1-3-8-15)14-17-13-22-18(19-17)16-10-4-5-11-16/h1-3,6-9,13,16H,4-5,10-12,14H2. The molecule has 3 nitrogen and oxygen atoms in total. The number of hydrogen-bond donors (Lipinski definition) is 0. The van der Waals surface area contributed by atoms with Crippen molar-refractivity contribution in [1.29, 1.82) is 0 Å². The molecule has 1 aromatic heterocycles. The minimum atomic E-state index is -3.16. The van der Waals surface area contributed by atoms with Crippen LogP contribution in [0.3, 0.4) is 0 Å². The molecule has 0 aliphatic heterocycles. The van der Waals surface area contributed by atoms with Crippen molar-refractivity contribution in [2.24, 2.45) is 0 Å². The summed E-state index contributed by atoms with van der Waals surface area (Å²) in [7, 11) is -3.16. The molecule has 5 heteroatoms. The third kappa shape index (κ3) is 4.75. The molecule has 122 valence electrons. The average molecular weight is 348 g/mol. The van der Waals surface area contributed by atoms with Crippen molar-refractivity contribution in [3.63, 3.8) is 0 Å². The lowest BCUT2D eigenvalue weighted by atomic mass is 10.1. The topological polar surface area (TPSA) is 47.0 Å². The fourth-order valence-corrected chi connectivity index (χ4v) is 5.13. The molecular formula is C18H21NO2S2. The maximum atomic E-state index is 12.2. The first-order chi connectivity index (χ1) is 11.1. The molecule has 3 rings (SSSR count). The minimum absolute atomic E-state index is 0.0371. The van der Waals surface area contributed by atoms with Crippen LogP contribution in [0, 0.1) is 0 Å². The Labute approximate surface area is 142 Å². The first kappa shape index (κ1) is 16.4. The Morgan fingerprint density at radius 2 is 1.91 bits per heavy atom. The highest BCUT2D eigenvalue weighted by Gasteiger charge is 2.21. The SMILES string of the molecule is O=S(=O)(CC=Cc1ccccc1)Cc1csc(C2CCCC2)n1. The number of benzene rings is 1. The van der Waals surface area contributed by atoms with Gasteiger partial charge in [0.25, 0.3) is 0 Å². The van der Waals surface area contributed by atoms with Gasteiger partial charge in [0.05, 0.1) is 22.2 Å². The van der Waals surface area contributed by atoms with E-state index in [1.165, 1.54) is 25.7 Å². The van der Waals surface area contributed by atoms with Crippen molar-refractivity contribution in [2.75, 3.05) is 5.75 Å². The van der Waals surface area contributed by atoms with E-state index in [2.05, 4.69) is 4.98 Å². The quantitative estimate of drug-likeness (QED) is 0.776. The smallest absolute Gasteiger partial charge is 0.159 e. The Balaban J connectivity index is 1.59. The molecule has 1 heterocycles. The Bertz CT molecular complexity index is 757. The Hall–Kier alpha value is -1.46. The summed E-state index contributed by atoms with van der Waals surface area (Å²) in [5.74, 6) is 0.641. The van der Waals surface area contributed by atoms with E-state index >= 15 is 0 Å². The molecule has 23 heavy (non-hydrogen) atoms. The third-order valence-corrected chi connectivity index (χ3v) is 6.59. The molecule has 0 amide bonds. The molecule has 0 atom stereocenters. The molecule has 1 aromatic carbocycles. The third-order valence-electron chi connectivity index (χ3n) is 4.10. The van der Waals surface area contributed by atoms with Gasteiger partial charge in [0.15, 0.2) is 9.84 Å². The van der Waals surface area contributed by atoms with Crippen LogP contribution in [-0.4, -0.2) is 19.2 Å². The lowest BCUT2D eigenvalue weighted by Gasteiger charge is -2.03. The van der Waals surface area contributed by atoms with Gasteiger partial charge in [-0.05, 0) is 18.4 Å². The van der Waals surface area contributed by atoms with Crippen LogP contribution in [0.4, 0.5) is 0 Å².